The number of aryl methyl sites for hydroxylation is 3. The highest BCUT2D eigenvalue weighted by atomic mass is 16.4. The van der Waals surface area contributed by atoms with E-state index >= 15 is 0 Å². The molecule has 2 heterocycles. The minimum absolute atomic E-state index is 0.0754. The van der Waals surface area contributed by atoms with Crippen molar-refractivity contribution in [1.29, 1.82) is 0 Å². The number of aromatic amines is 1. The molecule has 3 aromatic rings. The Morgan fingerprint density at radius 2 is 2.00 bits per heavy atom. The Morgan fingerprint density at radius 3 is 2.70 bits per heavy atom. The lowest BCUT2D eigenvalue weighted by molar-refractivity contribution is 0.0949. The topological polar surface area (TPSA) is 88.0 Å². The molecule has 0 aliphatic rings. The van der Waals surface area contributed by atoms with E-state index in [1.807, 2.05) is 18.2 Å². The van der Waals surface area contributed by atoms with Crippen LogP contribution in [0.3, 0.4) is 0 Å². The minimum atomic E-state index is -0.580. The van der Waals surface area contributed by atoms with Gasteiger partial charge in [0.05, 0.1) is 6.33 Å². The maximum atomic E-state index is 12.3. The van der Waals surface area contributed by atoms with Crippen molar-refractivity contribution < 1.29 is 9.21 Å². The van der Waals surface area contributed by atoms with Gasteiger partial charge in [-0.3, -0.25) is 4.79 Å². The quantitative estimate of drug-likeness (QED) is 0.642. The zero-order valence-electron chi connectivity index (χ0n) is 15.3. The summed E-state index contributed by atoms with van der Waals surface area (Å²) in [6.07, 6.45) is 6.37. The van der Waals surface area contributed by atoms with E-state index in [9.17, 15) is 9.59 Å². The normalized spacial score (nSPS) is 10.7. The number of benzene rings is 1. The second kappa shape index (κ2) is 8.98. The van der Waals surface area contributed by atoms with Gasteiger partial charge in [-0.1, -0.05) is 30.3 Å². The molecule has 1 aromatic carbocycles. The first-order valence-electron chi connectivity index (χ1n) is 9.06. The summed E-state index contributed by atoms with van der Waals surface area (Å²) in [5.41, 5.74) is 2.31. The third-order valence-corrected chi connectivity index (χ3v) is 4.39. The molecule has 0 spiro atoms. The van der Waals surface area contributed by atoms with Crippen LogP contribution in [-0.2, 0) is 19.3 Å². The molecule has 140 valence electrons. The Morgan fingerprint density at radius 1 is 1.19 bits per heavy atom. The molecule has 3 rings (SSSR count). The molecule has 0 fully saturated rings. The molecule has 2 aromatic heterocycles. The lowest BCUT2D eigenvalue weighted by Crippen LogP contribution is -2.31. The van der Waals surface area contributed by atoms with Gasteiger partial charge in [-0.25, -0.2) is 9.78 Å². The molecule has 0 aliphatic heterocycles. The summed E-state index contributed by atoms with van der Waals surface area (Å²) in [5, 5.41) is 2.76. The summed E-state index contributed by atoms with van der Waals surface area (Å²) < 4.78 is 5.37. The van der Waals surface area contributed by atoms with E-state index in [0.717, 1.165) is 18.5 Å². The first-order valence-corrected chi connectivity index (χ1v) is 9.06. The van der Waals surface area contributed by atoms with Crippen LogP contribution in [0, 0.1) is 6.92 Å². The zero-order valence-corrected chi connectivity index (χ0v) is 15.3. The van der Waals surface area contributed by atoms with Crippen LogP contribution < -0.4 is 10.9 Å². The van der Waals surface area contributed by atoms with Gasteiger partial charge >= 0.3 is 5.63 Å². The molecule has 0 radical (unpaired) electrons. The fourth-order valence-electron chi connectivity index (χ4n) is 3.00. The SMILES string of the molecule is Cc1cc(CCCc2ccccc2)oc(=O)c1C(=O)NCCc1cnc[nH]1. The molecule has 0 saturated carbocycles. The fourth-order valence-corrected chi connectivity index (χ4v) is 3.00. The van der Waals surface area contributed by atoms with E-state index in [0.29, 0.717) is 30.7 Å². The minimum Gasteiger partial charge on any atom is -0.427 e. The van der Waals surface area contributed by atoms with Gasteiger partial charge in [0.1, 0.15) is 11.3 Å². The van der Waals surface area contributed by atoms with E-state index in [2.05, 4.69) is 27.4 Å². The Balaban J connectivity index is 1.57. The van der Waals surface area contributed by atoms with Crippen LogP contribution in [0.4, 0.5) is 0 Å². The molecule has 2 N–H and O–H groups in total. The standard InChI is InChI=1S/C21H23N3O3/c1-15-12-18(9-5-8-16-6-3-2-4-7-16)27-21(26)19(15)20(25)23-11-10-17-13-22-14-24-17/h2-4,6-7,12-14H,5,8-11H2,1H3,(H,22,24)(H,23,25). The van der Waals surface area contributed by atoms with Crippen molar-refractivity contribution in [3.8, 4) is 0 Å². The van der Waals surface area contributed by atoms with Gasteiger partial charge in [0.15, 0.2) is 0 Å². The lowest BCUT2D eigenvalue weighted by atomic mass is 10.1. The van der Waals surface area contributed by atoms with Crippen LogP contribution in [0.15, 0.2) is 58.1 Å². The summed E-state index contributed by atoms with van der Waals surface area (Å²) in [4.78, 5) is 31.5. The third-order valence-electron chi connectivity index (χ3n) is 4.39. The molecule has 0 aliphatic carbocycles. The summed E-state index contributed by atoms with van der Waals surface area (Å²) in [6.45, 7) is 2.18. The molecule has 0 bridgehead atoms. The number of nitrogens with one attached hydrogen (secondary N) is 2. The Hall–Kier alpha value is -3.15. The predicted octanol–water partition coefficient (Wildman–Crippen LogP) is 2.82. The van der Waals surface area contributed by atoms with Crippen molar-refractivity contribution in [1.82, 2.24) is 15.3 Å². The summed E-state index contributed by atoms with van der Waals surface area (Å²) in [7, 11) is 0. The second-order valence-electron chi connectivity index (χ2n) is 6.48. The third kappa shape index (κ3) is 5.17. The monoisotopic (exact) mass is 365 g/mol. The number of rotatable bonds is 8. The molecule has 0 unspecified atom stereocenters. The zero-order chi connectivity index (χ0) is 19.1. The number of amides is 1. The Kier molecular flexibility index (Phi) is 6.20. The molecular weight excluding hydrogens is 342 g/mol. The maximum absolute atomic E-state index is 12.3. The van der Waals surface area contributed by atoms with Gasteiger partial charge in [0, 0.05) is 31.3 Å². The number of carbonyl (C=O) groups is 1. The summed E-state index contributed by atoms with van der Waals surface area (Å²) in [5.74, 6) is 0.207. The average Bonchev–Trinajstić information content (AvgIpc) is 3.15. The molecule has 27 heavy (non-hydrogen) atoms. The summed E-state index contributed by atoms with van der Waals surface area (Å²) in [6, 6.07) is 12.0. The number of H-pyrrole nitrogens is 1. The molecule has 0 saturated heterocycles. The number of nitrogens with zero attached hydrogens (tertiary/aromatic N) is 1. The predicted molar refractivity (Wildman–Crippen MR) is 103 cm³/mol. The Bertz CT molecular complexity index is 931. The van der Waals surface area contributed by atoms with Crippen LogP contribution in [0.2, 0.25) is 0 Å². The van der Waals surface area contributed by atoms with Crippen LogP contribution in [0.25, 0.3) is 0 Å². The smallest absolute Gasteiger partial charge is 0.349 e. The highest BCUT2D eigenvalue weighted by Crippen LogP contribution is 2.11. The molecule has 6 nitrogen and oxygen atoms in total. The van der Waals surface area contributed by atoms with Gasteiger partial charge in [-0.2, -0.15) is 0 Å². The van der Waals surface area contributed by atoms with Crippen molar-refractivity contribution >= 4 is 5.91 Å². The largest absolute Gasteiger partial charge is 0.427 e. The van der Waals surface area contributed by atoms with E-state index in [-0.39, 0.29) is 5.56 Å². The van der Waals surface area contributed by atoms with Crippen molar-refractivity contribution in [3.63, 3.8) is 0 Å². The van der Waals surface area contributed by atoms with E-state index in [4.69, 9.17) is 4.42 Å². The van der Waals surface area contributed by atoms with Gasteiger partial charge in [0.25, 0.3) is 5.91 Å². The molecule has 6 heteroatoms. The van der Waals surface area contributed by atoms with Crippen LogP contribution in [0.5, 0.6) is 0 Å². The van der Waals surface area contributed by atoms with Crippen LogP contribution >= 0.6 is 0 Å². The molecule has 0 atom stereocenters. The van der Waals surface area contributed by atoms with Crippen LogP contribution in [-0.4, -0.2) is 22.4 Å². The van der Waals surface area contributed by atoms with Gasteiger partial charge in [-0.05, 0) is 37.0 Å². The van der Waals surface area contributed by atoms with Gasteiger partial charge in [0.2, 0.25) is 0 Å². The Labute approximate surface area is 157 Å². The fraction of sp³-hybridized carbons (Fsp3) is 0.286. The highest BCUT2D eigenvalue weighted by Gasteiger charge is 2.16. The first kappa shape index (κ1) is 18.6. The number of carbonyl (C=O) groups excluding carboxylic acids is 1. The number of aromatic nitrogens is 2. The van der Waals surface area contributed by atoms with Crippen molar-refractivity contribution in [2.24, 2.45) is 0 Å². The maximum Gasteiger partial charge on any atom is 0.349 e. The second-order valence-corrected chi connectivity index (χ2v) is 6.48. The van der Waals surface area contributed by atoms with Crippen molar-refractivity contribution in [2.75, 3.05) is 6.54 Å². The van der Waals surface area contributed by atoms with Gasteiger partial charge in [-0.15, -0.1) is 0 Å². The molecular formula is C21H23N3O3. The van der Waals surface area contributed by atoms with Crippen molar-refractivity contribution in [2.45, 2.75) is 32.6 Å². The number of hydrogen-bond acceptors (Lipinski definition) is 4. The van der Waals surface area contributed by atoms with E-state index < -0.39 is 11.5 Å². The van der Waals surface area contributed by atoms with E-state index in [1.54, 1.807) is 25.5 Å². The number of imidazole rings is 1. The number of hydrogen-bond donors (Lipinski definition) is 2. The molecule has 1 amide bonds. The van der Waals surface area contributed by atoms with Gasteiger partial charge < -0.3 is 14.7 Å². The summed E-state index contributed by atoms with van der Waals surface area (Å²) >= 11 is 0. The highest BCUT2D eigenvalue weighted by molar-refractivity contribution is 5.95. The van der Waals surface area contributed by atoms with Crippen LogP contribution in [0.1, 0.15) is 39.4 Å². The first-order chi connectivity index (χ1) is 13.1. The lowest BCUT2D eigenvalue weighted by Gasteiger charge is -2.08. The average molecular weight is 365 g/mol. The van der Waals surface area contributed by atoms with E-state index in [1.165, 1.54) is 5.56 Å². The van der Waals surface area contributed by atoms with Crippen molar-refractivity contribution in [3.05, 3.63) is 87.5 Å².